The van der Waals surface area contributed by atoms with Gasteiger partial charge in [0, 0.05) is 51.2 Å². The molecule has 6 aliphatic carbocycles. The van der Waals surface area contributed by atoms with Crippen LogP contribution in [0.25, 0.3) is 0 Å². The molecule has 0 atom stereocenters. The zero-order valence-electron chi connectivity index (χ0n) is 34.6. The second-order valence-electron chi connectivity index (χ2n) is 19.1. The molecule has 0 aromatic heterocycles. The molecule has 0 unspecified atom stereocenters. The van der Waals surface area contributed by atoms with Crippen molar-refractivity contribution < 1.29 is 0 Å². The first-order chi connectivity index (χ1) is 28.2. The molecule has 11 rings (SSSR count). The lowest BCUT2D eigenvalue weighted by Crippen LogP contribution is -2.58. The van der Waals surface area contributed by atoms with Crippen LogP contribution in [0.1, 0.15) is 153 Å². The molecule has 0 fully saturated rings. The fourth-order valence-electron chi connectivity index (χ4n) is 13.3. The van der Waals surface area contributed by atoms with Gasteiger partial charge in [0.2, 0.25) is 0 Å². The van der Waals surface area contributed by atoms with Crippen molar-refractivity contribution in [3.8, 4) is 0 Å². The van der Waals surface area contributed by atoms with E-state index in [4.69, 9.17) is 28.7 Å². The minimum absolute atomic E-state index is 0.574. The first kappa shape index (κ1) is 37.1. The van der Waals surface area contributed by atoms with Gasteiger partial charge in [0.15, 0.2) is 0 Å². The van der Waals surface area contributed by atoms with Crippen molar-refractivity contribution in [3.63, 3.8) is 0 Å². The lowest BCUT2D eigenvalue weighted by atomic mass is 9.66. The van der Waals surface area contributed by atoms with E-state index in [1.807, 2.05) is 0 Å². The lowest BCUT2D eigenvalue weighted by Gasteiger charge is -2.51. The average molecular weight is 777 g/mol. The smallest absolute Gasteiger partial charge is 0.112 e. The van der Waals surface area contributed by atoms with Crippen LogP contribution in [-0.4, -0.2) is 11.3 Å². The van der Waals surface area contributed by atoms with Crippen LogP contribution in [0.3, 0.4) is 0 Å². The monoisotopic (exact) mass is 777 g/mol. The third kappa shape index (κ3) is 5.37. The van der Waals surface area contributed by atoms with Crippen LogP contribution >= 0.6 is 0 Å². The highest BCUT2D eigenvalue weighted by molar-refractivity contribution is 5.81. The Morgan fingerprint density at radius 1 is 0.328 bits per heavy atom. The van der Waals surface area contributed by atoms with Crippen molar-refractivity contribution in [3.05, 3.63) is 122 Å². The van der Waals surface area contributed by atoms with E-state index in [1.54, 1.807) is 0 Å². The van der Waals surface area contributed by atoms with Gasteiger partial charge in [-0.1, -0.05) is 30.3 Å². The molecule has 10 N–H and O–H groups in total. The van der Waals surface area contributed by atoms with Crippen LogP contribution in [0.4, 0.5) is 17.1 Å². The summed E-state index contributed by atoms with van der Waals surface area (Å²) >= 11 is 0. The van der Waals surface area contributed by atoms with E-state index < -0.39 is 16.9 Å². The maximum atomic E-state index is 7.92. The summed E-state index contributed by atoms with van der Waals surface area (Å²) in [6.07, 6.45) is 24.7. The Kier molecular flexibility index (Phi) is 8.84. The average Bonchev–Trinajstić information content (AvgIpc) is 3.76. The molecule has 304 valence electrons. The Bertz CT molecular complexity index is 2190. The summed E-state index contributed by atoms with van der Waals surface area (Å²) in [5.74, 6) is 0. The first-order valence-electron chi connectivity index (χ1n) is 23.1. The van der Waals surface area contributed by atoms with Crippen molar-refractivity contribution in [1.82, 2.24) is 0 Å². The predicted molar refractivity (Wildman–Crippen MR) is 237 cm³/mol. The zero-order valence-corrected chi connectivity index (χ0v) is 34.6. The molecule has 0 saturated heterocycles. The van der Waals surface area contributed by atoms with Crippen molar-refractivity contribution >= 4 is 17.1 Å². The van der Waals surface area contributed by atoms with Gasteiger partial charge in [-0.2, -0.15) is 0 Å². The standard InChI is InChI=1S/C50H64N8/c51-48(32-15-2-1-3-16-32)36-17-4-9-23-42(36)56(43-24-10-5-18-37(43)48)33-29-34(57-44-25-11-6-19-38(44)49(52,53)39-20-7-12-26-45(39)57)31-35(30-33)58-46-27-13-8-21-40(46)50(54,55)41-22-14-28-47(41)58/h1-3,15-16,29-31H,4-14,17-28,51-55H2. The van der Waals surface area contributed by atoms with Gasteiger partial charge in [-0.25, -0.2) is 0 Å². The van der Waals surface area contributed by atoms with Crippen molar-refractivity contribution in [1.29, 1.82) is 0 Å². The van der Waals surface area contributed by atoms with Crippen LogP contribution < -0.4 is 43.4 Å². The summed E-state index contributed by atoms with van der Waals surface area (Å²) in [5.41, 5.74) is 55.6. The number of rotatable bonds is 4. The highest BCUT2D eigenvalue weighted by atomic mass is 15.2. The van der Waals surface area contributed by atoms with Gasteiger partial charge in [-0.3, -0.25) is 0 Å². The van der Waals surface area contributed by atoms with E-state index in [9.17, 15) is 0 Å². The molecule has 58 heavy (non-hydrogen) atoms. The summed E-state index contributed by atoms with van der Waals surface area (Å²) in [7, 11) is 0. The topological polar surface area (TPSA) is 140 Å². The predicted octanol–water partition coefficient (Wildman–Crippen LogP) is 9.81. The molecule has 0 radical (unpaired) electrons. The Hall–Kier alpha value is -3.92. The van der Waals surface area contributed by atoms with Gasteiger partial charge in [0.05, 0.1) is 5.54 Å². The van der Waals surface area contributed by atoms with Crippen molar-refractivity contribution in [2.45, 2.75) is 165 Å². The molecule has 2 aromatic rings. The zero-order chi connectivity index (χ0) is 39.4. The highest BCUT2D eigenvalue weighted by Crippen LogP contribution is 2.56. The molecule has 0 amide bonds. The Balaban J connectivity index is 1.18. The molecule has 3 heterocycles. The number of allylic oxidation sites excluding steroid dienone is 6. The Morgan fingerprint density at radius 3 is 0.966 bits per heavy atom. The van der Waals surface area contributed by atoms with Gasteiger partial charge >= 0.3 is 0 Å². The van der Waals surface area contributed by atoms with Crippen LogP contribution in [0.15, 0.2) is 116 Å². The molecule has 8 nitrogen and oxygen atoms in total. The summed E-state index contributed by atoms with van der Waals surface area (Å²) < 4.78 is 0. The molecule has 0 spiro atoms. The number of hydrogen-bond acceptors (Lipinski definition) is 8. The van der Waals surface area contributed by atoms with Crippen molar-refractivity contribution in [2.24, 2.45) is 28.7 Å². The normalized spacial score (nSPS) is 26.4. The van der Waals surface area contributed by atoms with E-state index in [-0.39, 0.29) is 0 Å². The first-order valence-corrected chi connectivity index (χ1v) is 23.1. The van der Waals surface area contributed by atoms with Crippen molar-refractivity contribution in [2.75, 3.05) is 14.7 Å². The van der Waals surface area contributed by atoms with Crippen LogP contribution in [0.5, 0.6) is 0 Å². The third-order valence-electron chi connectivity index (χ3n) is 15.8. The number of benzene rings is 2. The summed E-state index contributed by atoms with van der Waals surface area (Å²) in [6.45, 7) is 0. The molecule has 2 aromatic carbocycles. The van der Waals surface area contributed by atoms with Crippen LogP contribution in [0.2, 0.25) is 0 Å². The number of nitrogens with two attached hydrogens (primary N) is 5. The largest absolute Gasteiger partial charge is 0.318 e. The summed E-state index contributed by atoms with van der Waals surface area (Å²) in [5, 5.41) is 0. The quantitative estimate of drug-likeness (QED) is 0.194. The molecule has 9 aliphatic rings. The third-order valence-corrected chi connectivity index (χ3v) is 15.8. The maximum Gasteiger partial charge on any atom is 0.112 e. The Labute approximate surface area is 345 Å². The van der Waals surface area contributed by atoms with E-state index in [2.05, 4.69) is 63.2 Å². The molecule has 0 saturated carbocycles. The van der Waals surface area contributed by atoms with Gasteiger partial charge in [0.25, 0.3) is 0 Å². The fourth-order valence-corrected chi connectivity index (χ4v) is 13.3. The van der Waals surface area contributed by atoms with Gasteiger partial charge in [-0.05, 0) is 205 Å². The van der Waals surface area contributed by atoms with Crippen LogP contribution in [-0.2, 0) is 5.54 Å². The van der Waals surface area contributed by atoms with E-state index >= 15 is 0 Å². The minimum atomic E-state index is -0.870. The van der Waals surface area contributed by atoms with E-state index in [0.717, 1.165) is 122 Å². The van der Waals surface area contributed by atoms with Gasteiger partial charge < -0.3 is 43.4 Å². The molecular formula is C50H64N8. The highest BCUT2D eigenvalue weighted by Gasteiger charge is 2.49. The SMILES string of the molecule is NC1(N)C2=C(CCCC2)N(c2cc(N3C4=C(CCCC4)C(N)(N)C4=C3CCC4)cc(N3C4=C(CCCC4)C(N)(c4ccccc4)C4=C3CCCC4)c2)C2=C1CCCC2. The number of anilines is 3. The Morgan fingerprint density at radius 2 is 0.603 bits per heavy atom. The molecule has 3 aliphatic heterocycles. The van der Waals surface area contributed by atoms with Crippen LogP contribution in [0, 0.1) is 0 Å². The number of nitrogens with zero attached hydrogens (tertiary/aromatic N) is 3. The fraction of sp³-hybridized carbons (Fsp3) is 0.520. The van der Waals surface area contributed by atoms with E-state index in [1.165, 1.54) is 116 Å². The van der Waals surface area contributed by atoms with Gasteiger partial charge in [-0.15, -0.1) is 0 Å². The summed E-state index contributed by atoms with van der Waals surface area (Å²) in [4.78, 5) is 8.06. The van der Waals surface area contributed by atoms with Gasteiger partial charge in [0.1, 0.15) is 11.3 Å². The molecule has 8 heteroatoms. The second kappa shape index (κ2) is 13.8. The summed E-state index contributed by atoms with van der Waals surface area (Å²) in [6, 6.07) is 18.6. The lowest BCUT2D eigenvalue weighted by molar-refractivity contribution is 0.460. The number of hydrogen-bond donors (Lipinski definition) is 5. The second-order valence-corrected chi connectivity index (χ2v) is 19.1. The molecular weight excluding hydrogens is 713 g/mol. The maximum absolute atomic E-state index is 7.92. The molecule has 0 bridgehead atoms. The minimum Gasteiger partial charge on any atom is -0.318 e. The van der Waals surface area contributed by atoms with E-state index in [0.29, 0.717) is 0 Å².